The van der Waals surface area contributed by atoms with Gasteiger partial charge in [-0.25, -0.2) is 0 Å². The highest BCUT2D eigenvalue weighted by atomic mass is 16.2. The lowest BCUT2D eigenvalue weighted by Gasteiger charge is -2.13. The summed E-state index contributed by atoms with van der Waals surface area (Å²) in [7, 11) is 0. The first-order valence-corrected chi connectivity index (χ1v) is 9.44. The van der Waals surface area contributed by atoms with Crippen molar-refractivity contribution in [2.24, 2.45) is 0 Å². The fourth-order valence-corrected chi connectivity index (χ4v) is 3.30. The lowest BCUT2D eigenvalue weighted by Crippen LogP contribution is -2.31. The summed E-state index contributed by atoms with van der Waals surface area (Å²) in [5.74, 6) is -0.156. The van der Waals surface area contributed by atoms with Crippen molar-refractivity contribution < 1.29 is 9.59 Å². The van der Waals surface area contributed by atoms with Gasteiger partial charge in [0.1, 0.15) is 0 Å². The zero-order valence-electron chi connectivity index (χ0n) is 15.1. The van der Waals surface area contributed by atoms with E-state index in [0.717, 1.165) is 23.6 Å². The Labute approximate surface area is 154 Å². The zero-order valence-corrected chi connectivity index (χ0v) is 15.1. The first-order chi connectivity index (χ1) is 12.7. The molecule has 3 rings (SSSR count). The van der Waals surface area contributed by atoms with Gasteiger partial charge in [-0.2, -0.15) is 0 Å². The van der Waals surface area contributed by atoms with Gasteiger partial charge in [0.25, 0.3) is 5.91 Å². The molecule has 1 aliphatic rings. The molecule has 0 fully saturated rings. The second-order valence-corrected chi connectivity index (χ2v) is 6.78. The van der Waals surface area contributed by atoms with Gasteiger partial charge in [-0.1, -0.05) is 42.0 Å². The van der Waals surface area contributed by atoms with Crippen LogP contribution < -0.4 is 10.6 Å². The summed E-state index contributed by atoms with van der Waals surface area (Å²) in [4.78, 5) is 24.1. The van der Waals surface area contributed by atoms with Crippen molar-refractivity contribution in [3.63, 3.8) is 0 Å². The molecule has 2 amide bonds. The first-order valence-electron chi connectivity index (χ1n) is 9.44. The highest BCUT2D eigenvalue weighted by Crippen LogP contribution is 2.19. The topological polar surface area (TPSA) is 58.2 Å². The Morgan fingerprint density at radius 3 is 2.58 bits per heavy atom. The monoisotopic (exact) mass is 350 g/mol. The van der Waals surface area contributed by atoms with Crippen molar-refractivity contribution >= 4 is 22.6 Å². The molecule has 0 saturated heterocycles. The fourth-order valence-electron chi connectivity index (χ4n) is 3.30. The summed E-state index contributed by atoms with van der Waals surface area (Å²) in [6.07, 6.45) is 8.43. The van der Waals surface area contributed by atoms with Crippen LogP contribution in [0.2, 0.25) is 0 Å². The number of hydrogen-bond acceptors (Lipinski definition) is 2. The minimum absolute atomic E-state index is 0.0137. The summed E-state index contributed by atoms with van der Waals surface area (Å²) >= 11 is 0. The Morgan fingerprint density at radius 1 is 0.923 bits per heavy atom. The smallest absolute Gasteiger partial charge is 0.251 e. The van der Waals surface area contributed by atoms with Crippen LogP contribution in [-0.4, -0.2) is 24.9 Å². The molecule has 0 atom stereocenters. The minimum atomic E-state index is -0.143. The first kappa shape index (κ1) is 18.2. The van der Waals surface area contributed by atoms with E-state index in [-0.39, 0.29) is 11.8 Å². The fraction of sp³-hybridized carbons (Fsp3) is 0.364. The van der Waals surface area contributed by atoms with E-state index in [9.17, 15) is 9.59 Å². The lowest BCUT2D eigenvalue weighted by atomic mass is 9.97. The molecule has 2 aromatic carbocycles. The van der Waals surface area contributed by atoms with Gasteiger partial charge in [0.2, 0.25) is 5.91 Å². The Bertz CT molecular complexity index is 811. The Morgan fingerprint density at radius 2 is 1.77 bits per heavy atom. The number of nitrogens with one attached hydrogen (secondary N) is 2. The van der Waals surface area contributed by atoms with Crippen molar-refractivity contribution in [3.05, 3.63) is 59.7 Å². The second kappa shape index (κ2) is 9.18. The van der Waals surface area contributed by atoms with Gasteiger partial charge >= 0.3 is 0 Å². The molecule has 26 heavy (non-hydrogen) atoms. The summed E-state index contributed by atoms with van der Waals surface area (Å²) in [5, 5.41) is 7.90. The highest BCUT2D eigenvalue weighted by molar-refractivity contribution is 5.98. The lowest BCUT2D eigenvalue weighted by molar-refractivity contribution is -0.120. The molecule has 0 bridgehead atoms. The summed E-state index contributed by atoms with van der Waals surface area (Å²) in [6, 6.07) is 13.6. The van der Waals surface area contributed by atoms with E-state index in [4.69, 9.17) is 0 Å². The average molecular weight is 350 g/mol. The van der Waals surface area contributed by atoms with Crippen LogP contribution in [0.4, 0.5) is 0 Å². The van der Waals surface area contributed by atoms with Crippen LogP contribution in [0.1, 0.15) is 48.9 Å². The summed E-state index contributed by atoms with van der Waals surface area (Å²) < 4.78 is 0. The molecule has 4 heteroatoms. The molecule has 0 unspecified atom stereocenters. The van der Waals surface area contributed by atoms with Gasteiger partial charge in [-0.05, 0) is 55.0 Å². The molecule has 4 nitrogen and oxygen atoms in total. The number of hydrogen-bond donors (Lipinski definition) is 2. The van der Waals surface area contributed by atoms with Crippen LogP contribution in [0.3, 0.4) is 0 Å². The summed E-state index contributed by atoms with van der Waals surface area (Å²) in [5.41, 5.74) is 2.08. The third-order valence-corrected chi connectivity index (χ3v) is 4.80. The maximum Gasteiger partial charge on any atom is 0.251 e. The van der Waals surface area contributed by atoms with Gasteiger partial charge in [0.05, 0.1) is 0 Å². The van der Waals surface area contributed by atoms with Crippen LogP contribution in [0.25, 0.3) is 10.8 Å². The van der Waals surface area contributed by atoms with Gasteiger partial charge in [0, 0.05) is 25.1 Å². The highest BCUT2D eigenvalue weighted by Gasteiger charge is 2.08. The van der Waals surface area contributed by atoms with Crippen LogP contribution in [0, 0.1) is 0 Å². The van der Waals surface area contributed by atoms with Crippen LogP contribution in [-0.2, 0) is 4.79 Å². The van der Waals surface area contributed by atoms with Gasteiger partial charge in [-0.3, -0.25) is 9.59 Å². The van der Waals surface area contributed by atoms with Gasteiger partial charge < -0.3 is 10.6 Å². The van der Waals surface area contributed by atoms with E-state index in [0.29, 0.717) is 25.1 Å². The van der Waals surface area contributed by atoms with Crippen molar-refractivity contribution in [3.8, 4) is 0 Å². The molecule has 2 N–H and O–H groups in total. The van der Waals surface area contributed by atoms with Crippen molar-refractivity contribution in [2.75, 3.05) is 13.1 Å². The molecule has 0 heterocycles. The number of fused-ring (bicyclic) bond motifs is 1. The molecule has 0 radical (unpaired) electrons. The quantitative estimate of drug-likeness (QED) is 0.743. The predicted molar refractivity (Wildman–Crippen MR) is 105 cm³/mol. The standard InChI is InChI=1S/C22H26N2O2/c25-21(23-14-12-17-6-2-1-3-7-17)13-15-24-22(26)20-11-10-18-8-4-5-9-19(18)16-20/h4-6,8-11,16H,1-3,7,12-15H2,(H,23,25)(H,24,26). The molecular formula is C22H26N2O2. The van der Waals surface area contributed by atoms with Crippen molar-refractivity contribution in [1.82, 2.24) is 10.6 Å². The predicted octanol–water partition coefficient (Wildman–Crippen LogP) is 3.97. The van der Waals surface area contributed by atoms with E-state index in [1.54, 1.807) is 0 Å². The van der Waals surface area contributed by atoms with Gasteiger partial charge in [-0.15, -0.1) is 0 Å². The SMILES string of the molecule is O=C(CCNC(=O)c1ccc2ccccc2c1)NCCC1=CCCCC1. The minimum Gasteiger partial charge on any atom is -0.356 e. The van der Waals surface area contributed by atoms with E-state index in [1.807, 2.05) is 42.5 Å². The number of benzene rings is 2. The van der Waals surface area contributed by atoms with Crippen LogP contribution >= 0.6 is 0 Å². The molecule has 0 aliphatic heterocycles. The normalized spacial score (nSPS) is 13.9. The van der Waals surface area contributed by atoms with E-state index >= 15 is 0 Å². The largest absolute Gasteiger partial charge is 0.356 e. The Balaban J connectivity index is 1.38. The van der Waals surface area contributed by atoms with Crippen LogP contribution in [0.15, 0.2) is 54.1 Å². The molecule has 0 spiro atoms. The average Bonchev–Trinajstić information content (AvgIpc) is 2.68. The second-order valence-electron chi connectivity index (χ2n) is 6.78. The Kier molecular flexibility index (Phi) is 6.42. The van der Waals surface area contributed by atoms with E-state index < -0.39 is 0 Å². The molecule has 1 aliphatic carbocycles. The maximum atomic E-state index is 12.2. The van der Waals surface area contributed by atoms with E-state index in [2.05, 4.69) is 16.7 Å². The molecule has 0 aromatic heterocycles. The number of rotatable bonds is 7. The molecule has 136 valence electrons. The van der Waals surface area contributed by atoms with Crippen molar-refractivity contribution in [1.29, 1.82) is 0 Å². The number of carbonyl (C=O) groups excluding carboxylic acids is 2. The maximum absolute atomic E-state index is 12.2. The zero-order chi connectivity index (χ0) is 18.2. The number of allylic oxidation sites excluding steroid dienone is 1. The molecular weight excluding hydrogens is 324 g/mol. The third kappa shape index (κ3) is 5.19. The van der Waals surface area contributed by atoms with Gasteiger partial charge in [0.15, 0.2) is 0 Å². The summed E-state index contributed by atoms with van der Waals surface area (Å²) in [6.45, 7) is 1.03. The van der Waals surface area contributed by atoms with Crippen LogP contribution in [0.5, 0.6) is 0 Å². The number of amides is 2. The van der Waals surface area contributed by atoms with Crippen molar-refractivity contribution in [2.45, 2.75) is 38.5 Å². The molecule has 0 saturated carbocycles. The number of carbonyl (C=O) groups is 2. The van der Waals surface area contributed by atoms with E-state index in [1.165, 1.54) is 24.8 Å². The Hall–Kier alpha value is -2.62. The third-order valence-electron chi connectivity index (χ3n) is 4.80. The molecule has 2 aromatic rings.